The Hall–Kier alpha value is -2.70. The Balaban J connectivity index is 1.56. The minimum absolute atomic E-state index is 0.0853. The third kappa shape index (κ3) is 8.31. The lowest BCUT2D eigenvalue weighted by molar-refractivity contribution is -0.144. The highest BCUT2D eigenvalue weighted by atomic mass is 32.2. The van der Waals surface area contributed by atoms with Gasteiger partial charge in [-0.2, -0.15) is 0 Å². The van der Waals surface area contributed by atoms with Crippen LogP contribution in [0, 0.1) is 17.3 Å². The summed E-state index contributed by atoms with van der Waals surface area (Å²) in [6.07, 6.45) is 9.19. The molecule has 2 aliphatic carbocycles. The molecule has 0 spiro atoms. The fraction of sp³-hybridized carbons (Fsp3) is 0.853. The predicted molar refractivity (Wildman–Crippen MR) is 179 cm³/mol. The van der Waals surface area contributed by atoms with E-state index in [4.69, 9.17) is 0 Å². The Bertz CT molecular complexity index is 1290. The second kappa shape index (κ2) is 15.2. The van der Waals surface area contributed by atoms with Crippen LogP contribution in [-0.2, 0) is 29.0 Å². The monoisotopic (exact) mass is 679 g/mol. The number of unbranched alkanes of at least 4 members (excludes halogenated alkanes) is 1. The van der Waals surface area contributed by atoms with Gasteiger partial charge in [0.2, 0.25) is 17.6 Å². The van der Waals surface area contributed by atoms with E-state index in [1.807, 2.05) is 27.7 Å². The maximum atomic E-state index is 14.5. The maximum absolute atomic E-state index is 14.5. The fourth-order valence-corrected chi connectivity index (χ4v) is 10.9. The van der Waals surface area contributed by atoms with Crippen molar-refractivity contribution in [3.8, 4) is 0 Å². The lowest BCUT2D eigenvalue weighted by atomic mass is 9.78. The smallest absolute Gasteiger partial charge is 0.315 e. The first kappa shape index (κ1) is 37.1. The second-order valence-electron chi connectivity index (χ2n) is 15.3. The molecule has 13 heteroatoms. The first-order valence-corrected chi connectivity index (χ1v) is 19.6. The van der Waals surface area contributed by atoms with Crippen LogP contribution >= 0.6 is 0 Å². The summed E-state index contributed by atoms with van der Waals surface area (Å²) in [5.74, 6) is -2.10. The lowest BCUT2D eigenvalue weighted by Crippen LogP contribution is -2.65. The molecule has 4 fully saturated rings. The molecule has 0 radical (unpaired) electrons. The van der Waals surface area contributed by atoms with Gasteiger partial charge in [0.25, 0.3) is 5.91 Å². The van der Waals surface area contributed by atoms with Gasteiger partial charge in [0.15, 0.2) is 9.84 Å². The quantitative estimate of drug-likeness (QED) is 0.230. The molecule has 2 saturated heterocycles. The number of carbonyl (C=O) groups is 5. The summed E-state index contributed by atoms with van der Waals surface area (Å²) in [7, 11) is -3.34. The van der Waals surface area contributed by atoms with Gasteiger partial charge in [-0.25, -0.2) is 13.2 Å². The van der Waals surface area contributed by atoms with Gasteiger partial charge in [-0.05, 0) is 69.1 Å². The van der Waals surface area contributed by atoms with E-state index < -0.39 is 67.8 Å². The van der Waals surface area contributed by atoms with Crippen LogP contribution in [-0.4, -0.2) is 90.6 Å². The molecular formula is C34H57N5O7S. The van der Waals surface area contributed by atoms with Gasteiger partial charge in [0.1, 0.15) is 12.1 Å². The van der Waals surface area contributed by atoms with Crippen molar-refractivity contribution in [1.29, 1.82) is 0 Å². The number of nitrogens with one attached hydrogen (secondary N) is 4. The first-order chi connectivity index (χ1) is 22.1. The maximum Gasteiger partial charge on any atom is 0.315 e. The molecule has 266 valence electrons. The molecule has 0 aromatic rings. The van der Waals surface area contributed by atoms with Crippen LogP contribution in [0.2, 0.25) is 0 Å². The van der Waals surface area contributed by atoms with Crippen LogP contribution in [0.25, 0.3) is 0 Å². The standard InChI is InChI=1S/C34H57N5O7S/c1-6-8-16-24(27(40)30(42)35-7-2)36-29(41)26-23-15-12-14-22(23)21-39(26)31(43)28(33(3,4)5)37-32(44)38-34(18-10-9-11-19-34)25-17-13-20-47(25,45)46/h22-26,28H,6-21H2,1-5H3,(H,35,42)(H,36,41)(H2,37,38,44)/t22-,23-,24-,25-,26-,28+/m0/s1. The Labute approximate surface area is 280 Å². The highest BCUT2D eigenvalue weighted by molar-refractivity contribution is 7.92. The molecule has 5 amide bonds. The zero-order valence-corrected chi connectivity index (χ0v) is 29.8. The van der Waals surface area contributed by atoms with Crippen LogP contribution in [0.15, 0.2) is 0 Å². The molecule has 4 rings (SSSR count). The number of Topliss-reactive ketones (excluding diaryl/α,β-unsaturated/α-hetero) is 1. The van der Waals surface area contributed by atoms with E-state index in [1.54, 1.807) is 11.8 Å². The largest absolute Gasteiger partial charge is 0.350 e. The zero-order chi connectivity index (χ0) is 34.6. The molecule has 2 heterocycles. The van der Waals surface area contributed by atoms with E-state index in [1.165, 1.54) is 0 Å². The van der Waals surface area contributed by atoms with Crippen molar-refractivity contribution in [2.24, 2.45) is 17.3 Å². The molecule has 2 saturated carbocycles. The minimum atomic E-state index is -3.34. The summed E-state index contributed by atoms with van der Waals surface area (Å²) in [5, 5.41) is 10.7. The molecule has 12 nitrogen and oxygen atoms in total. The van der Waals surface area contributed by atoms with Gasteiger partial charge < -0.3 is 26.2 Å². The van der Waals surface area contributed by atoms with Crippen LogP contribution in [0.5, 0.6) is 0 Å². The average molecular weight is 680 g/mol. The van der Waals surface area contributed by atoms with Crippen LogP contribution in [0.1, 0.15) is 118 Å². The second-order valence-corrected chi connectivity index (χ2v) is 17.6. The third-order valence-corrected chi connectivity index (χ3v) is 13.3. The van der Waals surface area contributed by atoms with Crippen molar-refractivity contribution < 1.29 is 32.4 Å². The summed E-state index contributed by atoms with van der Waals surface area (Å²) in [6.45, 7) is 9.90. The van der Waals surface area contributed by atoms with Gasteiger partial charge >= 0.3 is 6.03 Å². The number of sulfone groups is 1. The van der Waals surface area contributed by atoms with Crippen molar-refractivity contribution in [2.45, 2.75) is 147 Å². The van der Waals surface area contributed by atoms with E-state index in [2.05, 4.69) is 21.3 Å². The number of fused-ring (bicyclic) bond motifs is 1. The van der Waals surface area contributed by atoms with E-state index in [0.717, 1.165) is 44.9 Å². The first-order valence-electron chi connectivity index (χ1n) is 17.9. The molecule has 47 heavy (non-hydrogen) atoms. The van der Waals surface area contributed by atoms with E-state index in [0.29, 0.717) is 51.6 Å². The molecular weight excluding hydrogens is 622 g/mol. The number of hydrogen-bond donors (Lipinski definition) is 4. The highest BCUT2D eigenvalue weighted by Gasteiger charge is 2.53. The molecule has 0 bridgehead atoms. The number of nitrogens with zero attached hydrogens (tertiary/aromatic N) is 1. The molecule has 0 unspecified atom stereocenters. The highest BCUT2D eigenvalue weighted by Crippen LogP contribution is 2.43. The number of hydrogen-bond acceptors (Lipinski definition) is 7. The van der Waals surface area contributed by atoms with Crippen LogP contribution in [0.4, 0.5) is 4.79 Å². The van der Waals surface area contributed by atoms with Crippen molar-refractivity contribution >= 4 is 39.4 Å². The van der Waals surface area contributed by atoms with Crippen molar-refractivity contribution in [3.63, 3.8) is 0 Å². The van der Waals surface area contributed by atoms with Gasteiger partial charge in [0, 0.05) is 13.1 Å². The fourth-order valence-electron chi connectivity index (χ4n) is 8.54. The molecule has 4 aliphatic rings. The Morgan fingerprint density at radius 2 is 1.62 bits per heavy atom. The SMILES string of the molecule is CCCC[C@H](NC(=O)[C@@H]1[C@H]2CCC[C@H]2CN1C(=O)[C@@H](NC(=O)NC1([C@@H]2CCCS2(=O)=O)CCCCC1)C(C)(C)C)C(=O)C(=O)NCC. The minimum Gasteiger partial charge on any atom is -0.350 e. The number of carbonyl (C=O) groups excluding carboxylic acids is 5. The zero-order valence-electron chi connectivity index (χ0n) is 29.0. The van der Waals surface area contributed by atoms with Gasteiger partial charge in [-0.15, -0.1) is 0 Å². The molecule has 0 aromatic carbocycles. The number of urea groups is 1. The Kier molecular flexibility index (Phi) is 12.0. The van der Waals surface area contributed by atoms with Crippen LogP contribution < -0.4 is 21.3 Å². The summed E-state index contributed by atoms with van der Waals surface area (Å²) in [5.41, 5.74) is -1.61. The summed E-state index contributed by atoms with van der Waals surface area (Å²) < 4.78 is 26.1. The van der Waals surface area contributed by atoms with Crippen molar-refractivity contribution in [2.75, 3.05) is 18.8 Å². The van der Waals surface area contributed by atoms with E-state index in [-0.39, 0.29) is 23.5 Å². The van der Waals surface area contributed by atoms with E-state index in [9.17, 15) is 32.4 Å². The molecule has 0 aromatic heterocycles. The van der Waals surface area contributed by atoms with Gasteiger partial charge in [0.05, 0.1) is 22.6 Å². The Morgan fingerprint density at radius 3 is 2.21 bits per heavy atom. The third-order valence-electron chi connectivity index (χ3n) is 10.9. The predicted octanol–water partition coefficient (Wildman–Crippen LogP) is 2.99. The number of likely N-dealkylation sites (tertiary alicyclic amines) is 1. The summed E-state index contributed by atoms with van der Waals surface area (Å²) in [4.78, 5) is 69.3. The number of amides is 5. The topological polar surface area (TPSA) is 171 Å². The van der Waals surface area contributed by atoms with Crippen molar-refractivity contribution in [1.82, 2.24) is 26.2 Å². The summed E-state index contributed by atoms with van der Waals surface area (Å²) >= 11 is 0. The Morgan fingerprint density at radius 1 is 0.915 bits per heavy atom. The molecule has 6 atom stereocenters. The lowest BCUT2D eigenvalue weighted by Gasteiger charge is -2.43. The van der Waals surface area contributed by atoms with E-state index >= 15 is 0 Å². The molecule has 4 N–H and O–H groups in total. The average Bonchev–Trinajstić information content (AvgIpc) is 3.71. The number of ketones is 1. The molecule has 2 aliphatic heterocycles. The summed E-state index contributed by atoms with van der Waals surface area (Å²) in [6, 6.07) is -3.39. The number of likely N-dealkylation sites (N-methyl/N-ethyl adjacent to an activating group) is 1. The van der Waals surface area contributed by atoms with Crippen LogP contribution in [0.3, 0.4) is 0 Å². The number of rotatable bonds is 12. The normalized spacial score (nSPS) is 27.7. The van der Waals surface area contributed by atoms with Gasteiger partial charge in [-0.1, -0.05) is 66.2 Å². The van der Waals surface area contributed by atoms with Gasteiger partial charge in [-0.3, -0.25) is 19.2 Å². The van der Waals surface area contributed by atoms with Crippen molar-refractivity contribution in [3.05, 3.63) is 0 Å².